The largest absolute Gasteiger partial charge is 0.522 e. The van der Waals surface area contributed by atoms with Crippen molar-refractivity contribution in [1.29, 1.82) is 0 Å². The number of alkyl halides is 12. The second kappa shape index (κ2) is 10.1. The maximum Gasteiger partial charge on any atom is 0.522 e. The molecule has 0 N–H and O–H groups in total. The van der Waals surface area contributed by atoms with Gasteiger partial charge in [-0.3, -0.25) is 18.9 Å². The van der Waals surface area contributed by atoms with Crippen molar-refractivity contribution in [1.82, 2.24) is 0 Å². The molecule has 24 heavy (non-hydrogen) atoms. The van der Waals surface area contributed by atoms with E-state index in [2.05, 4.69) is 18.9 Å². The molecule has 0 heterocycles. The van der Waals surface area contributed by atoms with Gasteiger partial charge < -0.3 is 0 Å². The Labute approximate surface area is 125 Å². The van der Waals surface area contributed by atoms with E-state index in [9.17, 15) is 52.7 Å². The molecule has 0 spiro atoms. The van der Waals surface area contributed by atoms with Crippen LogP contribution in [-0.4, -0.2) is 51.9 Å². The minimum atomic E-state index is -4.92. The molecule has 0 fully saturated rings. The predicted molar refractivity (Wildman–Crippen MR) is 48.0 cm³/mol. The molecule has 0 saturated carbocycles. The summed E-state index contributed by atoms with van der Waals surface area (Å²) < 4.78 is 145. The number of ether oxygens (including phenoxy) is 4. The lowest BCUT2D eigenvalue weighted by Crippen LogP contribution is -2.21. The molecular formula is C8H8F12O4. The summed E-state index contributed by atoms with van der Waals surface area (Å²) in [6, 6.07) is 0. The van der Waals surface area contributed by atoms with Gasteiger partial charge in [-0.2, -0.15) is 0 Å². The Kier molecular flexibility index (Phi) is 10.6. The summed E-state index contributed by atoms with van der Waals surface area (Å²) in [5, 5.41) is 0. The van der Waals surface area contributed by atoms with Crippen molar-refractivity contribution in [3.05, 3.63) is 0 Å². The summed E-state index contributed by atoms with van der Waals surface area (Å²) in [5.74, 6) is 0. The first-order chi connectivity index (χ1) is 10.4. The van der Waals surface area contributed by atoms with Gasteiger partial charge in [-0.1, -0.05) is 0 Å². The second-order valence-electron chi connectivity index (χ2n) is 3.18. The summed E-state index contributed by atoms with van der Waals surface area (Å²) in [5.41, 5.74) is 0. The highest BCUT2D eigenvalue weighted by Gasteiger charge is 2.32. The van der Waals surface area contributed by atoms with Crippen molar-refractivity contribution >= 4 is 0 Å². The molecule has 148 valence electrons. The van der Waals surface area contributed by atoms with E-state index >= 15 is 0 Å². The zero-order chi connectivity index (χ0) is 19.7. The first-order valence-electron chi connectivity index (χ1n) is 5.24. The lowest BCUT2D eigenvalue weighted by Gasteiger charge is -2.09. The quantitative estimate of drug-likeness (QED) is 0.500. The van der Waals surface area contributed by atoms with Crippen LogP contribution < -0.4 is 0 Å². The Morgan fingerprint density at radius 2 is 0.458 bits per heavy atom. The standard InChI is InChI=1S/2C4H4F6O2/c2*5-3(6,7)11-1-2-12-4(8,9)10/h2*1-2H2. The van der Waals surface area contributed by atoms with Crippen LogP contribution in [0.15, 0.2) is 0 Å². The topological polar surface area (TPSA) is 36.9 Å². The molecule has 0 saturated heterocycles. The average molecular weight is 396 g/mol. The molecule has 0 aliphatic rings. The Morgan fingerprint density at radius 3 is 0.542 bits per heavy atom. The molecule has 0 aromatic heterocycles. The average Bonchev–Trinajstić information content (AvgIpc) is 2.27. The summed E-state index contributed by atoms with van der Waals surface area (Å²) in [6.07, 6.45) is -19.7. The van der Waals surface area contributed by atoms with Gasteiger partial charge in [0.05, 0.1) is 26.4 Å². The Hall–Kier alpha value is -1.00. The molecule has 0 aromatic carbocycles. The van der Waals surface area contributed by atoms with E-state index < -0.39 is 51.9 Å². The number of halogens is 12. The van der Waals surface area contributed by atoms with Gasteiger partial charge in [0, 0.05) is 0 Å². The van der Waals surface area contributed by atoms with Crippen LogP contribution >= 0.6 is 0 Å². The lowest BCUT2D eigenvalue weighted by molar-refractivity contribution is -0.354. The number of hydrogen-bond acceptors (Lipinski definition) is 4. The molecule has 0 bridgehead atoms. The van der Waals surface area contributed by atoms with Gasteiger partial charge >= 0.3 is 25.4 Å². The summed E-state index contributed by atoms with van der Waals surface area (Å²) in [6.45, 7) is -4.71. The maximum absolute atomic E-state index is 11.1. The van der Waals surface area contributed by atoms with Gasteiger partial charge in [-0.15, -0.1) is 52.7 Å². The Balaban J connectivity index is 0. The van der Waals surface area contributed by atoms with Crippen LogP contribution in [-0.2, 0) is 18.9 Å². The van der Waals surface area contributed by atoms with Crippen molar-refractivity contribution in [3.8, 4) is 0 Å². The third kappa shape index (κ3) is 29.1. The fraction of sp³-hybridized carbons (Fsp3) is 1.00. The minimum Gasteiger partial charge on any atom is -0.289 e. The molecule has 0 aliphatic heterocycles. The van der Waals surface area contributed by atoms with Gasteiger partial charge in [-0.25, -0.2) is 0 Å². The van der Waals surface area contributed by atoms with Crippen molar-refractivity contribution in [2.24, 2.45) is 0 Å². The van der Waals surface area contributed by atoms with E-state index in [4.69, 9.17) is 0 Å². The predicted octanol–water partition coefficient (Wildman–Crippen LogP) is 4.12. The van der Waals surface area contributed by atoms with Gasteiger partial charge in [0.1, 0.15) is 0 Å². The van der Waals surface area contributed by atoms with Crippen LogP contribution in [0.2, 0.25) is 0 Å². The van der Waals surface area contributed by atoms with E-state index in [0.717, 1.165) is 0 Å². The number of rotatable bonds is 6. The fourth-order valence-corrected chi connectivity index (χ4v) is 0.630. The van der Waals surface area contributed by atoms with Crippen LogP contribution in [0.5, 0.6) is 0 Å². The highest BCUT2D eigenvalue weighted by Crippen LogP contribution is 2.19. The fourth-order valence-electron chi connectivity index (χ4n) is 0.630. The van der Waals surface area contributed by atoms with Crippen molar-refractivity contribution in [2.75, 3.05) is 26.4 Å². The summed E-state index contributed by atoms with van der Waals surface area (Å²) in [4.78, 5) is 0. The lowest BCUT2D eigenvalue weighted by atomic mass is 10.8. The Bertz CT molecular complexity index is 253. The van der Waals surface area contributed by atoms with Crippen LogP contribution in [0.25, 0.3) is 0 Å². The van der Waals surface area contributed by atoms with E-state index in [1.54, 1.807) is 0 Å². The molecule has 0 radical (unpaired) electrons. The second-order valence-corrected chi connectivity index (χ2v) is 3.18. The zero-order valence-electron chi connectivity index (χ0n) is 11.0. The van der Waals surface area contributed by atoms with E-state index in [1.165, 1.54) is 0 Å². The highest BCUT2D eigenvalue weighted by atomic mass is 19.4. The van der Waals surface area contributed by atoms with E-state index in [1.807, 2.05) is 0 Å². The number of hydrogen-bond donors (Lipinski definition) is 0. The first-order valence-corrected chi connectivity index (χ1v) is 5.24. The molecule has 4 nitrogen and oxygen atoms in total. The van der Waals surface area contributed by atoms with Gasteiger partial charge in [0.25, 0.3) is 0 Å². The van der Waals surface area contributed by atoms with Crippen molar-refractivity contribution in [3.63, 3.8) is 0 Å². The molecule has 0 rings (SSSR count). The zero-order valence-corrected chi connectivity index (χ0v) is 11.0. The summed E-state index contributed by atoms with van der Waals surface area (Å²) in [7, 11) is 0. The smallest absolute Gasteiger partial charge is 0.289 e. The van der Waals surface area contributed by atoms with Crippen LogP contribution in [0, 0.1) is 0 Å². The minimum absolute atomic E-state index is 1.18. The summed E-state index contributed by atoms with van der Waals surface area (Å²) >= 11 is 0. The van der Waals surface area contributed by atoms with Crippen molar-refractivity contribution in [2.45, 2.75) is 25.4 Å². The monoisotopic (exact) mass is 396 g/mol. The van der Waals surface area contributed by atoms with Gasteiger partial charge in [0.15, 0.2) is 0 Å². The van der Waals surface area contributed by atoms with Crippen LogP contribution in [0.4, 0.5) is 52.7 Å². The van der Waals surface area contributed by atoms with E-state index in [-0.39, 0.29) is 0 Å². The maximum atomic E-state index is 11.1. The highest BCUT2D eigenvalue weighted by molar-refractivity contribution is 4.34. The molecule has 0 aromatic rings. The third-order valence-electron chi connectivity index (χ3n) is 1.23. The van der Waals surface area contributed by atoms with Crippen LogP contribution in [0.1, 0.15) is 0 Å². The van der Waals surface area contributed by atoms with Gasteiger partial charge in [0.2, 0.25) is 0 Å². The van der Waals surface area contributed by atoms with Gasteiger partial charge in [-0.05, 0) is 0 Å². The molecule has 0 unspecified atom stereocenters. The molecule has 0 amide bonds. The van der Waals surface area contributed by atoms with Crippen LogP contribution in [0.3, 0.4) is 0 Å². The molecule has 0 atom stereocenters. The normalized spacial score (nSPS) is 13.5. The van der Waals surface area contributed by atoms with Crippen molar-refractivity contribution < 1.29 is 71.6 Å². The van der Waals surface area contributed by atoms with E-state index in [0.29, 0.717) is 0 Å². The first kappa shape index (κ1) is 25.2. The molecular weight excluding hydrogens is 388 g/mol. The molecule has 16 heteroatoms. The third-order valence-corrected chi connectivity index (χ3v) is 1.23. The Morgan fingerprint density at radius 1 is 0.333 bits per heavy atom. The SMILES string of the molecule is FC(F)(F)OCCOC(F)(F)F.FC(F)(F)OCCOC(F)(F)F. The molecule has 0 aliphatic carbocycles.